The van der Waals surface area contributed by atoms with E-state index in [-0.39, 0.29) is 0 Å². The first-order valence-electron chi connectivity index (χ1n) is 8.19. The van der Waals surface area contributed by atoms with Crippen molar-refractivity contribution in [1.29, 1.82) is 5.26 Å². The lowest BCUT2D eigenvalue weighted by Gasteiger charge is -2.26. The predicted molar refractivity (Wildman–Crippen MR) is 93.2 cm³/mol. The maximum absolute atomic E-state index is 11.3. The molecule has 0 unspecified atom stereocenters. The SMILES string of the molecule is Cn1cc(CN2CCc3[nH]c4ccc(C(=O)O)cc4c3C2)cc1C#N. The van der Waals surface area contributed by atoms with E-state index >= 15 is 0 Å². The molecule has 2 N–H and O–H groups in total. The number of fused-ring (bicyclic) bond motifs is 3. The number of nitriles is 1. The van der Waals surface area contributed by atoms with Crippen LogP contribution >= 0.6 is 0 Å². The molecule has 3 aromatic rings. The minimum Gasteiger partial charge on any atom is -0.478 e. The largest absolute Gasteiger partial charge is 0.478 e. The van der Waals surface area contributed by atoms with Gasteiger partial charge in [-0.05, 0) is 35.4 Å². The van der Waals surface area contributed by atoms with Crippen LogP contribution in [0.5, 0.6) is 0 Å². The third-order valence-electron chi connectivity index (χ3n) is 4.88. The van der Waals surface area contributed by atoms with Gasteiger partial charge in [-0.3, -0.25) is 4.90 Å². The van der Waals surface area contributed by atoms with Crippen LogP contribution in [-0.2, 0) is 26.6 Å². The highest BCUT2D eigenvalue weighted by atomic mass is 16.4. The van der Waals surface area contributed by atoms with Crippen LogP contribution in [0.2, 0.25) is 0 Å². The molecule has 0 bridgehead atoms. The van der Waals surface area contributed by atoms with Crippen LogP contribution in [0, 0.1) is 11.3 Å². The zero-order valence-electron chi connectivity index (χ0n) is 13.9. The second kappa shape index (κ2) is 5.80. The Morgan fingerprint density at radius 2 is 2.24 bits per heavy atom. The Morgan fingerprint density at radius 1 is 1.40 bits per heavy atom. The van der Waals surface area contributed by atoms with Gasteiger partial charge < -0.3 is 14.7 Å². The van der Waals surface area contributed by atoms with Crippen molar-refractivity contribution in [2.45, 2.75) is 19.5 Å². The minimum absolute atomic E-state index is 0.313. The lowest BCUT2D eigenvalue weighted by Crippen LogP contribution is -2.29. The molecule has 2 aromatic heterocycles. The van der Waals surface area contributed by atoms with Crippen molar-refractivity contribution in [2.75, 3.05) is 6.54 Å². The Bertz CT molecular complexity index is 1020. The van der Waals surface area contributed by atoms with Gasteiger partial charge in [-0.25, -0.2) is 4.79 Å². The number of aromatic carboxylic acids is 1. The summed E-state index contributed by atoms with van der Waals surface area (Å²) in [5.41, 5.74) is 5.45. The molecule has 0 aliphatic carbocycles. The fourth-order valence-corrected chi connectivity index (χ4v) is 3.63. The van der Waals surface area contributed by atoms with Gasteiger partial charge in [-0.15, -0.1) is 0 Å². The van der Waals surface area contributed by atoms with E-state index in [9.17, 15) is 9.90 Å². The van der Waals surface area contributed by atoms with Crippen LogP contribution in [0.4, 0.5) is 0 Å². The summed E-state index contributed by atoms with van der Waals surface area (Å²) in [5.74, 6) is -0.905. The third-order valence-corrected chi connectivity index (χ3v) is 4.88. The number of carbonyl (C=O) groups is 1. The first kappa shape index (κ1) is 15.5. The average molecular weight is 334 g/mol. The van der Waals surface area contributed by atoms with Crippen LogP contribution < -0.4 is 0 Å². The van der Waals surface area contributed by atoms with Gasteiger partial charge in [0.25, 0.3) is 0 Å². The van der Waals surface area contributed by atoms with E-state index in [2.05, 4.69) is 16.0 Å². The summed E-state index contributed by atoms with van der Waals surface area (Å²) in [7, 11) is 1.88. The van der Waals surface area contributed by atoms with Crippen LogP contribution in [0.1, 0.15) is 32.9 Å². The van der Waals surface area contributed by atoms with Crippen molar-refractivity contribution in [3.05, 3.63) is 58.5 Å². The maximum atomic E-state index is 11.3. The van der Waals surface area contributed by atoms with Crippen LogP contribution in [0.3, 0.4) is 0 Å². The summed E-state index contributed by atoms with van der Waals surface area (Å²) >= 11 is 0. The van der Waals surface area contributed by atoms with Crippen LogP contribution in [-0.4, -0.2) is 32.1 Å². The van der Waals surface area contributed by atoms with Gasteiger partial charge in [0.1, 0.15) is 11.8 Å². The van der Waals surface area contributed by atoms with Gasteiger partial charge in [0, 0.05) is 55.9 Å². The smallest absolute Gasteiger partial charge is 0.335 e. The normalized spacial score (nSPS) is 14.4. The number of nitrogens with one attached hydrogen (secondary N) is 1. The highest BCUT2D eigenvalue weighted by Crippen LogP contribution is 2.29. The summed E-state index contributed by atoms with van der Waals surface area (Å²) in [4.78, 5) is 17.0. The fraction of sp³-hybridized carbons (Fsp3) is 0.263. The quantitative estimate of drug-likeness (QED) is 0.771. The molecule has 25 heavy (non-hydrogen) atoms. The molecule has 1 aliphatic rings. The Morgan fingerprint density at radius 3 is 2.96 bits per heavy atom. The molecular weight excluding hydrogens is 316 g/mol. The van der Waals surface area contributed by atoms with Gasteiger partial charge in [-0.2, -0.15) is 5.26 Å². The fourth-order valence-electron chi connectivity index (χ4n) is 3.63. The van der Waals surface area contributed by atoms with Crippen LogP contribution in [0.25, 0.3) is 10.9 Å². The number of aromatic nitrogens is 2. The van der Waals surface area contributed by atoms with Gasteiger partial charge in [0.15, 0.2) is 0 Å². The van der Waals surface area contributed by atoms with Gasteiger partial charge in [-0.1, -0.05) is 0 Å². The topological polar surface area (TPSA) is 85.1 Å². The zero-order chi connectivity index (χ0) is 17.6. The van der Waals surface area contributed by atoms with Crippen molar-refractivity contribution in [2.24, 2.45) is 7.05 Å². The number of nitrogens with zero attached hydrogens (tertiary/aromatic N) is 3. The lowest BCUT2D eigenvalue weighted by molar-refractivity contribution is 0.0697. The van der Waals surface area contributed by atoms with E-state index in [0.717, 1.165) is 42.5 Å². The highest BCUT2D eigenvalue weighted by molar-refractivity contribution is 5.95. The molecular formula is C19H18N4O2. The molecule has 0 saturated heterocycles. The number of aryl methyl sites for hydroxylation is 1. The Kier molecular flexibility index (Phi) is 3.59. The van der Waals surface area contributed by atoms with Crippen molar-refractivity contribution in [3.8, 4) is 6.07 Å². The average Bonchev–Trinajstić information content (AvgIpc) is 3.13. The Labute approximate surface area is 144 Å². The Balaban J connectivity index is 1.63. The number of hydrogen-bond acceptors (Lipinski definition) is 3. The number of benzene rings is 1. The van der Waals surface area contributed by atoms with Gasteiger partial charge in [0.05, 0.1) is 5.56 Å². The van der Waals surface area contributed by atoms with Crippen molar-refractivity contribution in [1.82, 2.24) is 14.5 Å². The maximum Gasteiger partial charge on any atom is 0.335 e. The number of hydrogen-bond donors (Lipinski definition) is 2. The second-order valence-electron chi connectivity index (χ2n) is 6.56. The second-order valence-corrected chi connectivity index (χ2v) is 6.56. The summed E-state index contributed by atoms with van der Waals surface area (Å²) < 4.78 is 1.84. The van der Waals surface area contributed by atoms with Gasteiger partial charge >= 0.3 is 5.97 Å². The zero-order valence-corrected chi connectivity index (χ0v) is 13.9. The molecule has 6 nitrogen and oxygen atoms in total. The molecule has 0 radical (unpaired) electrons. The van der Waals surface area contributed by atoms with Crippen molar-refractivity contribution >= 4 is 16.9 Å². The summed E-state index contributed by atoms with van der Waals surface area (Å²) in [6.45, 7) is 2.48. The molecule has 3 heterocycles. The molecule has 0 saturated carbocycles. The summed E-state index contributed by atoms with van der Waals surface area (Å²) in [6.07, 6.45) is 2.90. The molecule has 126 valence electrons. The number of carboxylic acid groups (broad SMARTS) is 1. The molecule has 0 spiro atoms. The number of carboxylic acids is 1. The number of H-pyrrole nitrogens is 1. The third kappa shape index (κ3) is 2.69. The van der Waals surface area contributed by atoms with E-state index in [4.69, 9.17) is 5.26 Å². The minimum atomic E-state index is -0.905. The summed E-state index contributed by atoms with van der Waals surface area (Å²) in [6, 6.07) is 9.35. The predicted octanol–water partition coefficient (Wildman–Crippen LogP) is 2.63. The Hall–Kier alpha value is -3.04. The standard InChI is InChI=1S/C19H18N4O2/c1-22-9-12(6-14(22)8-20)10-23-5-4-18-16(11-23)15-7-13(19(24)25)2-3-17(15)21-18/h2-3,6-7,9,21H,4-5,10-11H2,1H3,(H,24,25). The van der Waals surface area contributed by atoms with E-state index in [1.165, 1.54) is 11.3 Å². The van der Waals surface area contributed by atoms with Gasteiger partial charge in [0.2, 0.25) is 0 Å². The molecule has 4 rings (SSSR count). The first-order chi connectivity index (χ1) is 12.0. The van der Waals surface area contributed by atoms with E-state index in [1.54, 1.807) is 12.1 Å². The number of rotatable bonds is 3. The molecule has 0 atom stereocenters. The van der Waals surface area contributed by atoms with Crippen LogP contribution in [0.15, 0.2) is 30.5 Å². The first-order valence-corrected chi connectivity index (χ1v) is 8.19. The monoisotopic (exact) mass is 334 g/mol. The van der Waals surface area contributed by atoms with E-state index < -0.39 is 5.97 Å². The molecule has 6 heteroatoms. The molecule has 1 aromatic carbocycles. The van der Waals surface area contributed by atoms with Crippen molar-refractivity contribution < 1.29 is 9.90 Å². The van der Waals surface area contributed by atoms with E-state index in [0.29, 0.717) is 11.3 Å². The molecule has 0 amide bonds. The molecule has 0 fully saturated rings. The molecule has 1 aliphatic heterocycles. The van der Waals surface area contributed by atoms with E-state index in [1.807, 2.05) is 29.9 Å². The highest BCUT2D eigenvalue weighted by Gasteiger charge is 2.22. The summed E-state index contributed by atoms with van der Waals surface area (Å²) in [5, 5.41) is 19.3. The lowest BCUT2D eigenvalue weighted by atomic mass is 10.0. The number of aromatic amines is 1. The van der Waals surface area contributed by atoms with Crippen molar-refractivity contribution in [3.63, 3.8) is 0 Å².